The van der Waals surface area contributed by atoms with Crippen molar-refractivity contribution in [3.63, 3.8) is 0 Å². The first-order valence-electron chi connectivity index (χ1n) is 8.86. The van der Waals surface area contributed by atoms with Crippen LogP contribution in [0.3, 0.4) is 0 Å². The predicted molar refractivity (Wildman–Crippen MR) is 111 cm³/mol. The predicted octanol–water partition coefficient (Wildman–Crippen LogP) is 6.17. The number of anilines is 2. The highest BCUT2D eigenvalue weighted by Crippen LogP contribution is 2.44. The minimum Gasteiger partial charge on any atom is -0.494 e. The SMILES string of the molecule is COc1c(Nc2ccccn2)ccc(-c2ccccc2)c1-c1ccccc1. The third-order valence-electron chi connectivity index (χ3n) is 4.44. The largest absolute Gasteiger partial charge is 0.494 e. The maximum atomic E-state index is 5.87. The van der Waals surface area contributed by atoms with Gasteiger partial charge in [-0.15, -0.1) is 0 Å². The van der Waals surface area contributed by atoms with E-state index in [0.717, 1.165) is 39.5 Å². The van der Waals surface area contributed by atoms with Crippen molar-refractivity contribution in [2.75, 3.05) is 12.4 Å². The molecule has 0 atom stereocenters. The second-order valence-electron chi connectivity index (χ2n) is 6.14. The average molecular weight is 352 g/mol. The third-order valence-corrected chi connectivity index (χ3v) is 4.44. The number of ether oxygens (including phenoxy) is 1. The summed E-state index contributed by atoms with van der Waals surface area (Å²) in [5.74, 6) is 1.58. The van der Waals surface area contributed by atoms with E-state index in [0.29, 0.717) is 0 Å². The van der Waals surface area contributed by atoms with Gasteiger partial charge in [-0.3, -0.25) is 0 Å². The van der Waals surface area contributed by atoms with Crippen LogP contribution in [0.15, 0.2) is 97.2 Å². The van der Waals surface area contributed by atoms with Gasteiger partial charge < -0.3 is 10.1 Å². The normalized spacial score (nSPS) is 10.4. The minimum absolute atomic E-state index is 0.780. The fourth-order valence-electron chi connectivity index (χ4n) is 3.22. The molecule has 0 spiro atoms. The molecular weight excluding hydrogens is 332 g/mol. The molecule has 4 aromatic rings. The van der Waals surface area contributed by atoms with Gasteiger partial charge in [0.2, 0.25) is 0 Å². The lowest BCUT2D eigenvalue weighted by Gasteiger charge is -2.19. The second kappa shape index (κ2) is 7.75. The second-order valence-corrected chi connectivity index (χ2v) is 6.14. The molecule has 4 rings (SSSR count). The highest BCUT2D eigenvalue weighted by Gasteiger charge is 2.17. The molecule has 27 heavy (non-hydrogen) atoms. The summed E-state index contributed by atoms with van der Waals surface area (Å²) in [4.78, 5) is 4.37. The molecule has 0 unspecified atom stereocenters. The van der Waals surface area contributed by atoms with Gasteiger partial charge >= 0.3 is 0 Å². The minimum atomic E-state index is 0.780. The van der Waals surface area contributed by atoms with E-state index >= 15 is 0 Å². The van der Waals surface area contributed by atoms with Crippen LogP contribution >= 0.6 is 0 Å². The number of hydrogen-bond donors (Lipinski definition) is 1. The van der Waals surface area contributed by atoms with Gasteiger partial charge in [0, 0.05) is 11.8 Å². The molecule has 0 radical (unpaired) electrons. The summed E-state index contributed by atoms with van der Waals surface area (Å²) in [6.07, 6.45) is 1.77. The van der Waals surface area contributed by atoms with Crippen LogP contribution in [0.5, 0.6) is 5.75 Å². The van der Waals surface area contributed by atoms with Gasteiger partial charge in [-0.1, -0.05) is 72.8 Å². The molecule has 132 valence electrons. The molecule has 1 heterocycles. The van der Waals surface area contributed by atoms with Crippen molar-refractivity contribution in [1.82, 2.24) is 4.98 Å². The van der Waals surface area contributed by atoms with E-state index < -0.39 is 0 Å². The molecule has 0 fully saturated rings. The van der Waals surface area contributed by atoms with Crippen molar-refractivity contribution >= 4 is 11.5 Å². The Labute approximate surface area is 159 Å². The van der Waals surface area contributed by atoms with Crippen molar-refractivity contribution in [2.45, 2.75) is 0 Å². The van der Waals surface area contributed by atoms with Crippen molar-refractivity contribution in [3.8, 4) is 28.0 Å². The van der Waals surface area contributed by atoms with Crippen LogP contribution in [-0.4, -0.2) is 12.1 Å². The zero-order chi connectivity index (χ0) is 18.5. The number of methoxy groups -OCH3 is 1. The van der Waals surface area contributed by atoms with Crippen LogP contribution in [0.2, 0.25) is 0 Å². The van der Waals surface area contributed by atoms with Gasteiger partial charge in [-0.05, 0) is 34.9 Å². The first-order chi connectivity index (χ1) is 13.4. The highest BCUT2D eigenvalue weighted by atomic mass is 16.5. The Morgan fingerprint density at radius 2 is 1.37 bits per heavy atom. The third kappa shape index (κ3) is 3.53. The number of nitrogens with zero attached hydrogens (tertiary/aromatic N) is 1. The molecule has 0 aliphatic carbocycles. The molecule has 0 aliphatic heterocycles. The number of hydrogen-bond acceptors (Lipinski definition) is 3. The molecule has 0 aliphatic rings. The van der Waals surface area contributed by atoms with E-state index in [1.54, 1.807) is 13.3 Å². The summed E-state index contributed by atoms with van der Waals surface area (Å²) in [6, 6.07) is 30.7. The Morgan fingerprint density at radius 1 is 0.704 bits per heavy atom. The number of nitrogens with one attached hydrogen (secondary N) is 1. The van der Waals surface area contributed by atoms with Gasteiger partial charge in [0.1, 0.15) is 5.82 Å². The molecule has 0 saturated carbocycles. The maximum absolute atomic E-state index is 5.87. The van der Waals surface area contributed by atoms with E-state index in [9.17, 15) is 0 Å². The molecule has 1 N–H and O–H groups in total. The lowest BCUT2D eigenvalue weighted by Crippen LogP contribution is -1.99. The van der Waals surface area contributed by atoms with Crippen molar-refractivity contribution in [1.29, 1.82) is 0 Å². The monoisotopic (exact) mass is 352 g/mol. The quantitative estimate of drug-likeness (QED) is 0.466. The van der Waals surface area contributed by atoms with Gasteiger partial charge in [0.25, 0.3) is 0 Å². The Hall–Kier alpha value is -3.59. The summed E-state index contributed by atoms with van der Waals surface area (Å²) in [5.41, 5.74) is 5.34. The van der Waals surface area contributed by atoms with Crippen LogP contribution in [-0.2, 0) is 0 Å². The molecule has 0 amide bonds. The standard InChI is InChI=1S/C24H20N2O/c1-27-24-21(26-22-14-8-9-17-25-22)16-15-20(18-10-4-2-5-11-18)23(24)19-12-6-3-7-13-19/h2-17H,1H3,(H,25,26). The number of pyridine rings is 1. The smallest absolute Gasteiger partial charge is 0.150 e. The van der Waals surface area contributed by atoms with Gasteiger partial charge in [-0.2, -0.15) is 0 Å². The summed E-state index contributed by atoms with van der Waals surface area (Å²) < 4.78 is 5.87. The Morgan fingerprint density at radius 3 is 2.00 bits per heavy atom. The lowest BCUT2D eigenvalue weighted by atomic mass is 9.93. The topological polar surface area (TPSA) is 34.1 Å². The van der Waals surface area contributed by atoms with E-state index in [2.05, 4.69) is 52.8 Å². The van der Waals surface area contributed by atoms with E-state index in [1.165, 1.54) is 0 Å². The molecule has 0 saturated heterocycles. The fraction of sp³-hybridized carbons (Fsp3) is 0.0417. The number of aromatic nitrogens is 1. The molecule has 3 aromatic carbocycles. The van der Waals surface area contributed by atoms with Crippen LogP contribution in [0, 0.1) is 0 Å². The number of benzene rings is 3. The van der Waals surface area contributed by atoms with Crippen LogP contribution in [0.1, 0.15) is 0 Å². The molecule has 3 nitrogen and oxygen atoms in total. The van der Waals surface area contributed by atoms with Crippen molar-refractivity contribution in [2.24, 2.45) is 0 Å². The van der Waals surface area contributed by atoms with E-state index in [1.807, 2.05) is 48.5 Å². The first-order valence-corrected chi connectivity index (χ1v) is 8.86. The molecular formula is C24H20N2O. The van der Waals surface area contributed by atoms with Gasteiger partial charge in [0.15, 0.2) is 5.75 Å². The highest BCUT2D eigenvalue weighted by molar-refractivity contribution is 5.92. The van der Waals surface area contributed by atoms with Crippen LogP contribution in [0.4, 0.5) is 11.5 Å². The number of rotatable bonds is 5. The summed E-state index contributed by atoms with van der Waals surface area (Å²) in [6.45, 7) is 0. The molecule has 3 heteroatoms. The zero-order valence-electron chi connectivity index (χ0n) is 15.1. The maximum Gasteiger partial charge on any atom is 0.150 e. The van der Waals surface area contributed by atoms with Crippen LogP contribution in [0.25, 0.3) is 22.3 Å². The van der Waals surface area contributed by atoms with E-state index in [-0.39, 0.29) is 0 Å². The van der Waals surface area contributed by atoms with Crippen LogP contribution < -0.4 is 10.1 Å². The average Bonchev–Trinajstić information content (AvgIpc) is 2.75. The van der Waals surface area contributed by atoms with Crippen molar-refractivity contribution in [3.05, 3.63) is 97.2 Å². The van der Waals surface area contributed by atoms with Gasteiger partial charge in [0.05, 0.1) is 12.8 Å². The molecule has 0 bridgehead atoms. The van der Waals surface area contributed by atoms with Gasteiger partial charge in [-0.25, -0.2) is 4.98 Å². The zero-order valence-corrected chi connectivity index (χ0v) is 15.1. The first kappa shape index (κ1) is 16.9. The Kier molecular flexibility index (Phi) is 4.84. The van der Waals surface area contributed by atoms with Crippen molar-refractivity contribution < 1.29 is 4.74 Å². The Bertz CT molecular complexity index is 1020. The van der Waals surface area contributed by atoms with E-state index in [4.69, 9.17) is 4.74 Å². The lowest BCUT2D eigenvalue weighted by molar-refractivity contribution is 0.418. The summed E-state index contributed by atoms with van der Waals surface area (Å²) >= 11 is 0. The Balaban J connectivity index is 1.91. The summed E-state index contributed by atoms with van der Waals surface area (Å²) in [7, 11) is 1.71. The summed E-state index contributed by atoms with van der Waals surface area (Å²) in [5, 5.41) is 3.38. The molecule has 1 aromatic heterocycles. The fourth-order valence-corrected chi connectivity index (χ4v) is 3.22.